The van der Waals surface area contributed by atoms with Gasteiger partial charge in [0, 0.05) is 17.3 Å². The fraction of sp³-hybridized carbons (Fsp3) is 0.235. The van der Waals surface area contributed by atoms with Crippen molar-refractivity contribution in [3.63, 3.8) is 0 Å². The second-order valence-electron chi connectivity index (χ2n) is 5.16. The molecule has 1 heterocycles. The van der Waals surface area contributed by atoms with Gasteiger partial charge in [0.1, 0.15) is 0 Å². The number of hydrogen-bond acceptors (Lipinski definition) is 3. The Bertz CT molecular complexity index is 738. The molecule has 0 saturated heterocycles. The minimum absolute atomic E-state index is 0.0637. The van der Waals surface area contributed by atoms with Crippen LogP contribution in [0, 0.1) is 6.92 Å². The van der Waals surface area contributed by atoms with Gasteiger partial charge in [0.25, 0.3) is 0 Å². The Morgan fingerprint density at radius 2 is 1.90 bits per heavy atom. The molecule has 1 aromatic heterocycles. The Hall–Kier alpha value is -1.71. The van der Waals surface area contributed by atoms with E-state index in [1.165, 1.54) is 21.2 Å². The van der Waals surface area contributed by atoms with E-state index >= 15 is 0 Å². The summed E-state index contributed by atoms with van der Waals surface area (Å²) < 4.78 is 0. The third-order valence-electron chi connectivity index (χ3n) is 3.51. The lowest BCUT2D eigenvalue weighted by molar-refractivity contribution is 0.825. The minimum atomic E-state index is 0.0637. The predicted molar refractivity (Wildman–Crippen MR) is 86.2 cm³/mol. The summed E-state index contributed by atoms with van der Waals surface area (Å²) >= 11 is 1.73. The summed E-state index contributed by atoms with van der Waals surface area (Å²) in [5.74, 6) is 0. The van der Waals surface area contributed by atoms with Crippen LogP contribution in [0.25, 0.3) is 10.8 Å². The average molecular weight is 282 g/mol. The molecular weight excluding hydrogens is 264 g/mol. The summed E-state index contributed by atoms with van der Waals surface area (Å²) in [6, 6.07) is 15.0. The molecule has 0 radical (unpaired) electrons. The first-order valence-electron chi connectivity index (χ1n) is 6.83. The lowest BCUT2D eigenvalue weighted by Gasteiger charge is -2.04. The molecule has 0 bridgehead atoms. The molecule has 102 valence electrons. The minimum Gasteiger partial charge on any atom is -0.323 e. The number of fused-ring (bicyclic) bond motifs is 1. The lowest BCUT2D eigenvalue weighted by Crippen LogP contribution is -2.03. The molecule has 0 aliphatic heterocycles. The molecule has 0 fully saturated rings. The topological polar surface area (TPSA) is 38.9 Å². The molecule has 0 spiro atoms. The highest BCUT2D eigenvalue weighted by Gasteiger charge is 2.12. The highest BCUT2D eigenvalue weighted by Crippen LogP contribution is 2.27. The van der Waals surface area contributed by atoms with E-state index < -0.39 is 0 Å². The van der Waals surface area contributed by atoms with E-state index in [0.717, 1.165) is 17.1 Å². The summed E-state index contributed by atoms with van der Waals surface area (Å²) in [4.78, 5) is 5.87. The first kappa shape index (κ1) is 13.3. The standard InChI is InChI=1S/C17H18N2S/c1-11(18)17-12(2)19-16(20-17)10-14-8-5-7-13-6-3-4-9-15(13)14/h3-9,11H,10,18H2,1-2H3. The van der Waals surface area contributed by atoms with E-state index in [4.69, 9.17) is 5.73 Å². The van der Waals surface area contributed by atoms with Gasteiger partial charge < -0.3 is 5.73 Å². The molecule has 2 N–H and O–H groups in total. The van der Waals surface area contributed by atoms with Crippen LogP contribution in [0.15, 0.2) is 42.5 Å². The number of aromatic nitrogens is 1. The molecule has 20 heavy (non-hydrogen) atoms. The summed E-state index contributed by atoms with van der Waals surface area (Å²) in [6.45, 7) is 4.06. The van der Waals surface area contributed by atoms with Crippen molar-refractivity contribution in [2.75, 3.05) is 0 Å². The Kier molecular flexibility index (Phi) is 3.55. The fourth-order valence-electron chi connectivity index (χ4n) is 2.57. The van der Waals surface area contributed by atoms with Crippen LogP contribution >= 0.6 is 11.3 Å². The number of thiazole rings is 1. The van der Waals surface area contributed by atoms with E-state index in [9.17, 15) is 0 Å². The molecule has 2 nitrogen and oxygen atoms in total. The molecule has 0 saturated carbocycles. The zero-order valence-corrected chi connectivity index (χ0v) is 12.6. The van der Waals surface area contributed by atoms with Crippen LogP contribution in [0.3, 0.4) is 0 Å². The fourth-order valence-corrected chi connectivity index (χ4v) is 3.62. The van der Waals surface area contributed by atoms with Crippen LogP contribution in [-0.2, 0) is 6.42 Å². The zero-order valence-electron chi connectivity index (χ0n) is 11.8. The van der Waals surface area contributed by atoms with E-state index in [1.807, 2.05) is 13.8 Å². The van der Waals surface area contributed by atoms with Crippen molar-refractivity contribution in [3.8, 4) is 0 Å². The first-order valence-corrected chi connectivity index (χ1v) is 7.65. The molecule has 0 aliphatic rings. The molecule has 0 amide bonds. The zero-order chi connectivity index (χ0) is 14.1. The van der Waals surface area contributed by atoms with E-state index in [2.05, 4.69) is 47.4 Å². The summed E-state index contributed by atoms with van der Waals surface area (Å²) in [6.07, 6.45) is 0.875. The van der Waals surface area contributed by atoms with Gasteiger partial charge in [0.05, 0.1) is 10.7 Å². The van der Waals surface area contributed by atoms with E-state index in [-0.39, 0.29) is 6.04 Å². The van der Waals surface area contributed by atoms with Gasteiger partial charge in [-0.2, -0.15) is 0 Å². The van der Waals surface area contributed by atoms with Crippen molar-refractivity contribution in [2.45, 2.75) is 26.3 Å². The predicted octanol–water partition coefficient (Wildman–Crippen LogP) is 4.22. The third kappa shape index (κ3) is 2.47. The van der Waals surface area contributed by atoms with Gasteiger partial charge in [-0.15, -0.1) is 11.3 Å². The number of rotatable bonds is 3. The van der Waals surface area contributed by atoms with E-state index in [0.29, 0.717) is 0 Å². The van der Waals surface area contributed by atoms with Gasteiger partial charge in [-0.05, 0) is 30.2 Å². The second kappa shape index (κ2) is 5.35. The van der Waals surface area contributed by atoms with Crippen LogP contribution in [0.2, 0.25) is 0 Å². The molecule has 1 unspecified atom stereocenters. The SMILES string of the molecule is Cc1nc(Cc2cccc3ccccc23)sc1C(C)N. The van der Waals surface area contributed by atoms with Crippen LogP contribution in [0.4, 0.5) is 0 Å². The Morgan fingerprint density at radius 1 is 1.15 bits per heavy atom. The lowest BCUT2D eigenvalue weighted by atomic mass is 10.0. The normalized spacial score (nSPS) is 12.8. The van der Waals surface area contributed by atoms with Crippen LogP contribution in [0.5, 0.6) is 0 Å². The largest absolute Gasteiger partial charge is 0.323 e. The molecule has 1 atom stereocenters. The third-order valence-corrected chi connectivity index (χ3v) is 4.87. The molecular formula is C17H18N2S. The number of hydrogen-bond donors (Lipinski definition) is 1. The Balaban J connectivity index is 1.99. The molecule has 3 aromatic rings. The van der Waals surface area contributed by atoms with E-state index in [1.54, 1.807) is 11.3 Å². The monoisotopic (exact) mass is 282 g/mol. The Labute approximate surface area is 123 Å². The van der Waals surface area contributed by atoms with Crippen molar-refractivity contribution >= 4 is 22.1 Å². The molecule has 3 rings (SSSR count). The first-order chi connectivity index (χ1) is 9.65. The number of nitrogens with zero attached hydrogens (tertiary/aromatic N) is 1. The van der Waals surface area contributed by atoms with Gasteiger partial charge in [-0.3, -0.25) is 0 Å². The highest BCUT2D eigenvalue weighted by atomic mass is 32.1. The molecule has 2 aromatic carbocycles. The number of nitrogens with two attached hydrogens (primary N) is 1. The molecule has 3 heteroatoms. The summed E-state index contributed by atoms with van der Waals surface area (Å²) in [7, 11) is 0. The second-order valence-corrected chi connectivity index (χ2v) is 6.28. The maximum Gasteiger partial charge on any atom is 0.0975 e. The quantitative estimate of drug-likeness (QED) is 0.781. The smallest absolute Gasteiger partial charge is 0.0975 e. The summed E-state index contributed by atoms with van der Waals surface area (Å²) in [5.41, 5.74) is 8.38. The average Bonchev–Trinajstić information content (AvgIpc) is 2.80. The van der Waals surface area contributed by atoms with Gasteiger partial charge in [0.15, 0.2) is 0 Å². The summed E-state index contributed by atoms with van der Waals surface area (Å²) in [5, 5.41) is 3.74. The van der Waals surface area contributed by atoms with Crippen LogP contribution < -0.4 is 5.73 Å². The van der Waals surface area contributed by atoms with Gasteiger partial charge in [-0.1, -0.05) is 42.5 Å². The van der Waals surface area contributed by atoms with Crippen molar-refractivity contribution in [1.82, 2.24) is 4.98 Å². The van der Waals surface area contributed by atoms with Crippen molar-refractivity contribution in [2.24, 2.45) is 5.73 Å². The Morgan fingerprint density at radius 3 is 2.65 bits per heavy atom. The van der Waals surface area contributed by atoms with Gasteiger partial charge in [-0.25, -0.2) is 4.98 Å². The highest BCUT2D eigenvalue weighted by molar-refractivity contribution is 7.11. The van der Waals surface area contributed by atoms with Crippen molar-refractivity contribution in [1.29, 1.82) is 0 Å². The number of benzene rings is 2. The maximum atomic E-state index is 5.98. The van der Waals surface area contributed by atoms with Gasteiger partial charge in [0.2, 0.25) is 0 Å². The van der Waals surface area contributed by atoms with Crippen molar-refractivity contribution < 1.29 is 0 Å². The van der Waals surface area contributed by atoms with Gasteiger partial charge >= 0.3 is 0 Å². The molecule has 0 aliphatic carbocycles. The number of aryl methyl sites for hydroxylation is 1. The van der Waals surface area contributed by atoms with Crippen LogP contribution in [-0.4, -0.2) is 4.98 Å². The van der Waals surface area contributed by atoms with Crippen LogP contribution in [0.1, 0.15) is 34.1 Å². The van der Waals surface area contributed by atoms with Crippen molar-refractivity contribution in [3.05, 3.63) is 63.6 Å². The maximum absolute atomic E-state index is 5.98.